The van der Waals surface area contributed by atoms with E-state index in [1.165, 1.54) is 6.21 Å². The fourth-order valence-corrected chi connectivity index (χ4v) is 2.44. The van der Waals surface area contributed by atoms with Crippen molar-refractivity contribution in [1.29, 1.82) is 0 Å². The molecule has 1 aromatic carbocycles. The lowest BCUT2D eigenvalue weighted by Gasteiger charge is -2.01. The molecule has 0 fully saturated rings. The standard InChI is InChI=1S/C14H10BrN3O/c15-11-5-3-4-10(8-11)14-17-12(9-16-19)13-6-1-2-7-18(13)14/h1-9,19H/b16-9+. The molecule has 5 heteroatoms. The van der Waals surface area contributed by atoms with Gasteiger partial charge in [0.25, 0.3) is 0 Å². The normalized spacial score (nSPS) is 11.4. The lowest BCUT2D eigenvalue weighted by atomic mass is 10.2. The molecule has 2 heterocycles. The highest BCUT2D eigenvalue weighted by Gasteiger charge is 2.11. The van der Waals surface area contributed by atoms with Crippen molar-refractivity contribution < 1.29 is 5.21 Å². The Bertz CT molecular complexity index is 764. The van der Waals surface area contributed by atoms with Crippen LogP contribution in [0.4, 0.5) is 0 Å². The molecule has 0 spiro atoms. The summed E-state index contributed by atoms with van der Waals surface area (Å²) in [7, 11) is 0. The minimum atomic E-state index is 0.637. The molecule has 1 N–H and O–H groups in total. The average molecular weight is 316 g/mol. The second-order valence-electron chi connectivity index (χ2n) is 4.03. The Kier molecular flexibility index (Phi) is 3.05. The van der Waals surface area contributed by atoms with Gasteiger partial charge < -0.3 is 5.21 Å². The summed E-state index contributed by atoms with van der Waals surface area (Å²) in [5, 5.41) is 11.8. The predicted octanol–water partition coefficient (Wildman–Crippen LogP) is 3.57. The number of nitrogens with zero attached hydrogens (tertiary/aromatic N) is 3. The molecule has 0 amide bonds. The molecule has 19 heavy (non-hydrogen) atoms. The molecular formula is C14H10BrN3O. The molecule has 0 saturated carbocycles. The van der Waals surface area contributed by atoms with Crippen molar-refractivity contribution in [1.82, 2.24) is 9.38 Å². The van der Waals surface area contributed by atoms with Gasteiger partial charge in [0, 0.05) is 16.2 Å². The van der Waals surface area contributed by atoms with Gasteiger partial charge in [-0.15, -0.1) is 0 Å². The highest BCUT2D eigenvalue weighted by atomic mass is 79.9. The Morgan fingerprint density at radius 2 is 2.11 bits per heavy atom. The second kappa shape index (κ2) is 4.85. The zero-order valence-electron chi connectivity index (χ0n) is 9.86. The van der Waals surface area contributed by atoms with Gasteiger partial charge in [0.15, 0.2) is 0 Å². The van der Waals surface area contributed by atoms with Gasteiger partial charge in [0.1, 0.15) is 11.5 Å². The predicted molar refractivity (Wildman–Crippen MR) is 77.7 cm³/mol. The largest absolute Gasteiger partial charge is 0.411 e. The fourth-order valence-electron chi connectivity index (χ4n) is 2.04. The van der Waals surface area contributed by atoms with Gasteiger partial charge >= 0.3 is 0 Å². The highest BCUT2D eigenvalue weighted by molar-refractivity contribution is 9.10. The zero-order chi connectivity index (χ0) is 13.2. The van der Waals surface area contributed by atoms with E-state index < -0.39 is 0 Å². The van der Waals surface area contributed by atoms with Gasteiger partial charge in [0.05, 0.1) is 11.7 Å². The SMILES string of the molecule is O/N=C/c1nc(-c2cccc(Br)c2)n2ccccc12. The summed E-state index contributed by atoms with van der Waals surface area (Å²) in [5.41, 5.74) is 2.53. The third kappa shape index (κ3) is 2.13. The van der Waals surface area contributed by atoms with Crippen molar-refractivity contribution in [3.8, 4) is 11.4 Å². The minimum Gasteiger partial charge on any atom is -0.411 e. The van der Waals surface area contributed by atoms with Crippen molar-refractivity contribution in [2.75, 3.05) is 0 Å². The average Bonchev–Trinajstić information content (AvgIpc) is 2.79. The Morgan fingerprint density at radius 3 is 2.89 bits per heavy atom. The van der Waals surface area contributed by atoms with Gasteiger partial charge in [-0.25, -0.2) is 4.98 Å². The van der Waals surface area contributed by atoms with Gasteiger partial charge in [-0.3, -0.25) is 4.40 Å². The molecule has 0 aliphatic heterocycles. The van der Waals surface area contributed by atoms with Crippen molar-refractivity contribution in [3.05, 3.63) is 58.8 Å². The summed E-state index contributed by atoms with van der Waals surface area (Å²) in [6.45, 7) is 0. The molecule has 0 aliphatic carbocycles. The maximum atomic E-state index is 8.72. The van der Waals surface area contributed by atoms with Crippen LogP contribution in [0.3, 0.4) is 0 Å². The van der Waals surface area contributed by atoms with Crippen LogP contribution in [0.5, 0.6) is 0 Å². The fraction of sp³-hybridized carbons (Fsp3) is 0. The van der Waals surface area contributed by atoms with Gasteiger partial charge in [-0.05, 0) is 24.3 Å². The monoisotopic (exact) mass is 315 g/mol. The third-order valence-electron chi connectivity index (χ3n) is 2.84. The summed E-state index contributed by atoms with van der Waals surface area (Å²) >= 11 is 3.46. The summed E-state index contributed by atoms with van der Waals surface area (Å²) in [6.07, 6.45) is 3.28. The number of rotatable bonds is 2. The summed E-state index contributed by atoms with van der Waals surface area (Å²) in [6, 6.07) is 13.7. The maximum Gasteiger partial charge on any atom is 0.145 e. The van der Waals surface area contributed by atoms with E-state index in [1.54, 1.807) is 0 Å². The molecule has 0 unspecified atom stereocenters. The van der Waals surface area contributed by atoms with E-state index >= 15 is 0 Å². The Labute approximate surface area is 118 Å². The van der Waals surface area contributed by atoms with Crippen LogP contribution in [0, 0.1) is 0 Å². The summed E-state index contributed by atoms with van der Waals surface area (Å²) in [5.74, 6) is 0.812. The molecule has 0 saturated heterocycles. The Hall–Kier alpha value is -2.14. The molecule has 4 nitrogen and oxygen atoms in total. The number of hydrogen-bond donors (Lipinski definition) is 1. The first-order chi connectivity index (χ1) is 9.29. The summed E-state index contributed by atoms with van der Waals surface area (Å²) in [4.78, 5) is 4.52. The van der Waals surface area contributed by atoms with Crippen LogP contribution >= 0.6 is 15.9 Å². The molecule has 94 valence electrons. The highest BCUT2D eigenvalue weighted by Crippen LogP contribution is 2.24. The van der Waals surface area contributed by atoms with E-state index in [-0.39, 0.29) is 0 Å². The van der Waals surface area contributed by atoms with Gasteiger partial charge in [-0.1, -0.05) is 39.3 Å². The number of imidazole rings is 1. The molecule has 0 aliphatic rings. The van der Waals surface area contributed by atoms with E-state index in [9.17, 15) is 0 Å². The van der Waals surface area contributed by atoms with Crippen LogP contribution in [-0.2, 0) is 0 Å². The number of aromatic nitrogens is 2. The van der Waals surface area contributed by atoms with Crippen LogP contribution in [0.2, 0.25) is 0 Å². The van der Waals surface area contributed by atoms with Crippen LogP contribution < -0.4 is 0 Å². The van der Waals surface area contributed by atoms with E-state index in [2.05, 4.69) is 26.1 Å². The van der Waals surface area contributed by atoms with Crippen molar-refractivity contribution in [2.45, 2.75) is 0 Å². The smallest absolute Gasteiger partial charge is 0.145 e. The Morgan fingerprint density at radius 1 is 1.21 bits per heavy atom. The van der Waals surface area contributed by atoms with Crippen molar-refractivity contribution in [3.63, 3.8) is 0 Å². The van der Waals surface area contributed by atoms with E-state index in [0.29, 0.717) is 5.69 Å². The lowest BCUT2D eigenvalue weighted by molar-refractivity contribution is 0.322. The van der Waals surface area contributed by atoms with Gasteiger partial charge in [-0.2, -0.15) is 0 Å². The van der Waals surface area contributed by atoms with Crippen molar-refractivity contribution in [2.24, 2.45) is 5.16 Å². The summed E-state index contributed by atoms with van der Waals surface area (Å²) < 4.78 is 2.97. The second-order valence-corrected chi connectivity index (χ2v) is 4.95. The number of halogens is 1. The first-order valence-corrected chi connectivity index (χ1v) is 6.49. The van der Waals surface area contributed by atoms with Crippen molar-refractivity contribution >= 4 is 27.7 Å². The van der Waals surface area contributed by atoms with Crippen LogP contribution in [0.15, 0.2) is 58.3 Å². The molecule has 0 atom stereocenters. The molecule has 3 aromatic rings. The number of fused-ring (bicyclic) bond motifs is 1. The van der Waals surface area contributed by atoms with E-state index in [1.807, 2.05) is 53.1 Å². The third-order valence-corrected chi connectivity index (χ3v) is 3.33. The van der Waals surface area contributed by atoms with Crippen LogP contribution in [0.25, 0.3) is 16.9 Å². The molecule has 2 aromatic heterocycles. The number of benzene rings is 1. The van der Waals surface area contributed by atoms with Crippen LogP contribution in [0.1, 0.15) is 5.69 Å². The van der Waals surface area contributed by atoms with Crippen LogP contribution in [-0.4, -0.2) is 20.8 Å². The molecule has 0 bridgehead atoms. The quantitative estimate of drug-likeness (QED) is 0.446. The minimum absolute atomic E-state index is 0.637. The maximum absolute atomic E-state index is 8.72. The topological polar surface area (TPSA) is 49.9 Å². The first kappa shape index (κ1) is 11.9. The Balaban J connectivity index is 2.29. The molecule has 0 radical (unpaired) electrons. The number of pyridine rings is 1. The molecule has 3 rings (SSSR count). The van der Waals surface area contributed by atoms with E-state index in [0.717, 1.165) is 21.4 Å². The number of oxime groups is 1. The lowest BCUT2D eigenvalue weighted by Crippen LogP contribution is -1.88. The van der Waals surface area contributed by atoms with Gasteiger partial charge in [0.2, 0.25) is 0 Å². The number of hydrogen-bond acceptors (Lipinski definition) is 3. The molecular weight excluding hydrogens is 306 g/mol. The zero-order valence-corrected chi connectivity index (χ0v) is 11.4. The first-order valence-electron chi connectivity index (χ1n) is 5.70. The van der Waals surface area contributed by atoms with E-state index in [4.69, 9.17) is 5.21 Å².